The van der Waals surface area contributed by atoms with Crippen LogP contribution in [0.4, 0.5) is 4.39 Å². The van der Waals surface area contributed by atoms with Gasteiger partial charge in [0.1, 0.15) is 22.6 Å². The molecule has 0 unspecified atom stereocenters. The molecule has 1 heterocycles. The van der Waals surface area contributed by atoms with Gasteiger partial charge in [0.2, 0.25) is 15.9 Å². The molecule has 1 N–H and O–H groups in total. The molecule has 0 spiro atoms. The number of hydrogen-bond acceptors (Lipinski definition) is 5. The summed E-state index contributed by atoms with van der Waals surface area (Å²) in [5.74, 6) is 5.26. The van der Waals surface area contributed by atoms with Crippen LogP contribution >= 0.6 is 0 Å². The number of rotatable bonds is 4. The number of amides is 1. The minimum absolute atomic E-state index is 0.0255. The van der Waals surface area contributed by atoms with E-state index in [1.54, 1.807) is 38.2 Å². The normalized spacial score (nSPS) is 20.5. The van der Waals surface area contributed by atoms with Gasteiger partial charge in [0.05, 0.1) is 13.2 Å². The van der Waals surface area contributed by atoms with Crippen LogP contribution < -0.4 is 4.74 Å². The molecular weight excluding hydrogens is 459 g/mol. The summed E-state index contributed by atoms with van der Waals surface area (Å²) >= 11 is 0. The van der Waals surface area contributed by atoms with Crippen LogP contribution in [0.2, 0.25) is 0 Å². The molecule has 1 aliphatic rings. The van der Waals surface area contributed by atoms with Crippen molar-refractivity contribution >= 4 is 15.9 Å². The molecule has 3 rings (SSSR count). The SMILES string of the molecule is CC(=O)N(C)C[C@H]1Oc2cc(C#Cc3ccc(F)cc3)ccc2S(=O)(=O)N([C@@H](C)CO)C[C@@H]1C. The van der Waals surface area contributed by atoms with E-state index in [9.17, 15) is 22.7 Å². The van der Waals surface area contributed by atoms with Gasteiger partial charge < -0.3 is 14.7 Å². The Morgan fingerprint density at radius 2 is 1.85 bits per heavy atom. The van der Waals surface area contributed by atoms with Gasteiger partial charge in [0.15, 0.2) is 0 Å². The fourth-order valence-corrected chi connectivity index (χ4v) is 5.42. The van der Waals surface area contributed by atoms with Crippen molar-refractivity contribution in [1.82, 2.24) is 9.21 Å². The van der Waals surface area contributed by atoms with E-state index in [4.69, 9.17) is 4.74 Å². The molecule has 1 amide bonds. The maximum absolute atomic E-state index is 13.5. The van der Waals surface area contributed by atoms with Gasteiger partial charge in [-0.15, -0.1) is 0 Å². The monoisotopic (exact) mass is 488 g/mol. The molecule has 0 saturated heterocycles. The molecule has 9 heteroatoms. The molecule has 34 heavy (non-hydrogen) atoms. The average molecular weight is 489 g/mol. The predicted octanol–water partition coefficient (Wildman–Crippen LogP) is 2.47. The first kappa shape index (κ1) is 25.7. The van der Waals surface area contributed by atoms with Crippen molar-refractivity contribution in [3.8, 4) is 17.6 Å². The van der Waals surface area contributed by atoms with E-state index in [0.29, 0.717) is 11.1 Å². The lowest BCUT2D eigenvalue weighted by Gasteiger charge is -2.37. The molecule has 0 bridgehead atoms. The molecule has 2 aromatic carbocycles. The van der Waals surface area contributed by atoms with Gasteiger partial charge in [0.25, 0.3) is 0 Å². The maximum atomic E-state index is 13.5. The number of carbonyl (C=O) groups excluding carboxylic acids is 1. The van der Waals surface area contributed by atoms with Crippen LogP contribution in [0.3, 0.4) is 0 Å². The highest BCUT2D eigenvalue weighted by Crippen LogP contribution is 2.34. The van der Waals surface area contributed by atoms with Crippen molar-refractivity contribution in [2.75, 3.05) is 26.7 Å². The van der Waals surface area contributed by atoms with Gasteiger partial charge in [-0.05, 0) is 49.4 Å². The number of hydrogen-bond donors (Lipinski definition) is 1. The van der Waals surface area contributed by atoms with Crippen LogP contribution in [-0.2, 0) is 14.8 Å². The van der Waals surface area contributed by atoms with E-state index in [2.05, 4.69) is 11.8 Å². The molecule has 1 aliphatic heterocycles. The Hall–Kier alpha value is -2.93. The van der Waals surface area contributed by atoms with Gasteiger partial charge in [-0.3, -0.25) is 4.79 Å². The zero-order valence-corrected chi connectivity index (χ0v) is 20.5. The second-order valence-electron chi connectivity index (χ2n) is 8.56. The predicted molar refractivity (Wildman–Crippen MR) is 126 cm³/mol. The third-order valence-electron chi connectivity index (χ3n) is 5.85. The van der Waals surface area contributed by atoms with Gasteiger partial charge >= 0.3 is 0 Å². The highest BCUT2D eigenvalue weighted by atomic mass is 32.2. The average Bonchev–Trinajstić information content (AvgIpc) is 2.80. The molecular formula is C25H29FN2O5S. The van der Waals surface area contributed by atoms with E-state index >= 15 is 0 Å². The number of carbonyl (C=O) groups is 1. The van der Waals surface area contributed by atoms with Crippen LogP contribution in [0, 0.1) is 23.6 Å². The topological polar surface area (TPSA) is 87.2 Å². The molecule has 0 fully saturated rings. The summed E-state index contributed by atoms with van der Waals surface area (Å²) in [5, 5.41) is 9.71. The Labute approximate surface area is 200 Å². The molecule has 0 aliphatic carbocycles. The van der Waals surface area contributed by atoms with E-state index in [1.165, 1.54) is 34.3 Å². The Kier molecular flexibility index (Phi) is 7.97. The van der Waals surface area contributed by atoms with Crippen molar-refractivity contribution in [2.24, 2.45) is 5.92 Å². The number of ether oxygens (including phenoxy) is 1. The summed E-state index contributed by atoms with van der Waals surface area (Å²) in [6.07, 6.45) is -0.489. The van der Waals surface area contributed by atoms with Crippen molar-refractivity contribution in [2.45, 2.75) is 37.8 Å². The largest absolute Gasteiger partial charge is 0.487 e. The minimum atomic E-state index is -3.97. The highest BCUT2D eigenvalue weighted by molar-refractivity contribution is 7.89. The summed E-state index contributed by atoms with van der Waals surface area (Å²) in [6.45, 7) is 5.02. The molecule has 0 saturated carbocycles. The zero-order chi connectivity index (χ0) is 25.0. The van der Waals surface area contributed by atoms with Crippen LogP contribution in [0.5, 0.6) is 5.75 Å². The van der Waals surface area contributed by atoms with E-state index in [-0.39, 0.29) is 48.0 Å². The van der Waals surface area contributed by atoms with Gasteiger partial charge in [-0.2, -0.15) is 4.31 Å². The van der Waals surface area contributed by atoms with E-state index < -0.39 is 22.2 Å². The third kappa shape index (κ3) is 5.76. The van der Waals surface area contributed by atoms with Gasteiger partial charge in [-0.25, -0.2) is 12.8 Å². The van der Waals surface area contributed by atoms with E-state index in [1.807, 2.05) is 6.92 Å². The standard InChI is InChI=1S/C25H29FN2O5S/c1-17-14-28(18(2)16-29)34(31,32)25-12-9-21(6-5-20-7-10-22(26)11-8-20)13-23(25)33-24(17)15-27(4)19(3)30/h7-13,17-18,24,29H,14-16H2,1-4H3/t17-,18-,24+/m0/s1. The molecule has 0 radical (unpaired) electrons. The Morgan fingerprint density at radius 3 is 2.47 bits per heavy atom. The molecule has 0 aromatic heterocycles. The van der Waals surface area contributed by atoms with Crippen molar-refractivity contribution in [1.29, 1.82) is 0 Å². The van der Waals surface area contributed by atoms with Crippen molar-refractivity contribution in [3.05, 3.63) is 59.4 Å². The van der Waals surface area contributed by atoms with Crippen LogP contribution in [0.25, 0.3) is 0 Å². The zero-order valence-electron chi connectivity index (χ0n) is 19.7. The lowest BCUT2D eigenvalue weighted by Crippen LogP contribution is -2.50. The number of aliphatic hydroxyl groups excluding tert-OH is 1. The summed E-state index contributed by atoms with van der Waals surface area (Å²) in [6, 6.07) is 9.69. The third-order valence-corrected chi connectivity index (χ3v) is 7.87. The number of fused-ring (bicyclic) bond motifs is 1. The number of aliphatic hydroxyl groups is 1. The van der Waals surface area contributed by atoms with Gasteiger partial charge in [-0.1, -0.05) is 18.8 Å². The Morgan fingerprint density at radius 1 is 1.24 bits per heavy atom. The number of nitrogens with zero attached hydrogens (tertiary/aromatic N) is 2. The van der Waals surface area contributed by atoms with E-state index in [0.717, 1.165) is 0 Å². The summed E-state index contributed by atoms with van der Waals surface area (Å²) < 4.78 is 47.6. The van der Waals surface area contributed by atoms with Crippen LogP contribution in [-0.4, -0.2) is 67.5 Å². The Balaban J connectivity index is 2.07. The number of likely N-dealkylation sites (N-methyl/N-ethyl adjacent to an activating group) is 1. The molecule has 3 atom stereocenters. The number of sulfonamides is 1. The second kappa shape index (κ2) is 10.6. The molecule has 182 valence electrons. The fourth-order valence-electron chi connectivity index (χ4n) is 3.60. The summed E-state index contributed by atoms with van der Waals surface area (Å²) in [7, 11) is -2.31. The molecule has 7 nitrogen and oxygen atoms in total. The van der Waals surface area contributed by atoms with Crippen LogP contribution in [0.1, 0.15) is 31.9 Å². The smallest absolute Gasteiger partial charge is 0.247 e. The Bertz CT molecular complexity index is 1200. The fraction of sp³-hybridized carbons (Fsp3) is 0.400. The lowest BCUT2D eigenvalue weighted by molar-refractivity contribution is -0.129. The van der Waals surface area contributed by atoms with Crippen molar-refractivity contribution in [3.63, 3.8) is 0 Å². The summed E-state index contributed by atoms with van der Waals surface area (Å²) in [4.78, 5) is 13.3. The summed E-state index contributed by atoms with van der Waals surface area (Å²) in [5.41, 5.74) is 1.13. The first-order valence-corrected chi connectivity index (χ1v) is 12.4. The lowest BCUT2D eigenvalue weighted by atomic mass is 10.0. The number of benzene rings is 2. The van der Waals surface area contributed by atoms with Crippen molar-refractivity contribution < 1.29 is 27.4 Å². The minimum Gasteiger partial charge on any atom is -0.487 e. The highest BCUT2D eigenvalue weighted by Gasteiger charge is 2.38. The second-order valence-corrected chi connectivity index (χ2v) is 10.4. The first-order chi connectivity index (χ1) is 16.0. The quantitative estimate of drug-likeness (QED) is 0.669. The molecule has 2 aromatic rings. The first-order valence-electron chi connectivity index (χ1n) is 11.0. The number of halogens is 1. The van der Waals surface area contributed by atoms with Crippen LogP contribution in [0.15, 0.2) is 47.4 Å². The maximum Gasteiger partial charge on any atom is 0.247 e. The van der Waals surface area contributed by atoms with Gasteiger partial charge in [0, 0.05) is 43.6 Å².